The van der Waals surface area contributed by atoms with Crippen LogP contribution in [0.5, 0.6) is 0 Å². The third-order valence-electron chi connectivity index (χ3n) is 1.39. The van der Waals surface area contributed by atoms with Crippen LogP contribution in [0.1, 0.15) is 6.92 Å². The van der Waals surface area contributed by atoms with Crippen molar-refractivity contribution in [2.75, 3.05) is 5.75 Å². The van der Waals surface area contributed by atoms with Crippen LogP contribution in [-0.2, 0) is 0 Å². The van der Waals surface area contributed by atoms with E-state index in [-0.39, 0.29) is 0 Å². The van der Waals surface area contributed by atoms with Crippen LogP contribution in [0, 0.1) is 0 Å². The number of thiophene rings is 1. The van der Waals surface area contributed by atoms with E-state index in [1.807, 2.05) is 34.9 Å². The Hall–Kier alpha value is 0.400. The molecule has 0 bridgehead atoms. The summed E-state index contributed by atoms with van der Waals surface area (Å²) < 4.78 is 0. The van der Waals surface area contributed by atoms with Gasteiger partial charge in [0.15, 0.2) is 0 Å². The first-order chi connectivity index (χ1) is 4.86. The summed E-state index contributed by atoms with van der Waals surface area (Å²) >= 11 is 5.82. The summed E-state index contributed by atoms with van der Waals surface area (Å²) in [5.41, 5.74) is 0. The van der Waals surface area contributed by atoms with Gasteiger partial charge in [0, 0.05) is 31.6 Å². The highest BCUT2D eigenvalue weighted by molar-refractivity contribution is 8.06. The minimum absolute atomic E-state index is 0.798. The number of hydrogen-bond donors (Lipinski definition) is 0. The van der Waals surface area contributed by atoms with Crippen molar-refractivity contribution >= 4 is 34.9 Å². The van der Waals surface area contributed by atoms with Gasteiger partial charge in [-0.2, -0.15) is 11.3 Å². The molecule has 1 unspecified atom stereocenters. The Morgan fingerprint density at radius 1 is 1.40 bits per heavy atom. The van der Waals surface area contributed by atoms with Crippen LogP contribution < -0.4 is 0 Å². The van der Waals surface area contributed by atoms with E-state index in [0.717, 1.165) is 5.25 Å². The second-order valence-corrected chi connectivity index (χ2v) is 5.63. The molecule has 1 aliphatic heterocycles. The number of rotatable bonds is 0. The maximum Gasteiger partial charge on any atom is 0.0318 e. The minimum atomic E-state index is 0.798. The number of fused-ring (bicyclic) bond motifs is 1. The van der Waals surface area contributed by atoms with Crippen LogP contribution in [0.15, 0.2) is 20.6 Å². The third-order valence-corrected chi connectivity index (χ3v) is 5.25. The van der Waals surface area contributed by atoms with Crippen LogP contribution in [0.2, 0.25) is 0 Å². The topological polar surface area (TPSA) is 0 Å². The molecule has 0 saturated carbocycles. The fourth-order valence-corrected chi connectivity index (χ4v) is 4.49. The van der Waals surface area contributed by atoms with Gasteiger partial charge in [-0.15, -0.1) is 23.5 Å². The average molecular weight is 188 g/mol. The van der Waals surface area contributed by atoms with Crippen molar-refractivity contribution in [1.29, 1.82) is 0 Å². The van der Waals surface area contributed by atoms with Crippen molar-refractivity contribution in [2.45, 2.75) is 22.0 Å². The van der Waals surface area contributed by atoms with Gasteiger partial charge in [0.25, 0.3) is 0 Å². The Labute approximate surface area is 73.4 Å². The molecule has 0 amide bonds. The summed E-state index contributed by atoms with van der Waals surface area (Å²) in [4.78, 5) is 2.99. The predicted octanol–water partition coefficient (Wildman–Crippen LogP) is 3.33. The summed E-state index contributed by atoms with van der Waals surface area (Å²) in [6.07, 6.45) is 0. The SMILES string of the molecule is CC1CSc2cscc2S1. The maximum atomic E-state index is 2.29. The molecule has 0 aromatic carbocycles. The Morgan fingerprint density at radius 2 is 2.20 bits per heavy atom. The van der Waals surface area contributed by atoms with Crippen molar-refractivity contribution < 1.29 is 0 Å². The molecule has 1 atom stereocenters. The van der Waals surface area contributed by atoms with E-state index >= 15 is 0 Å². The third kappa shape index (κ3) is 1.22. The van der Waals surface area contributed by atoms with Gasteiger partial charge < -0.3 is 0 Å². The van der Waals surface area contributed by atoms with Crippen molar-refractivity contribution in [1.82, 2.24) is 0 Å². The normalized spacial score (nSPS) is 24.3. The van der Waals surface area contributed by atoms with Gasteiger partial charge in [0.1, 0.15) is 0 Å². The zero-order valence-corrected chi connectivity index (χ0v) is 8.11. The molecule has 0 spiro atoms. The van der Waals surface area contributed by atoms with Crippen LogP contribution in [0.3, 0.4) is 0 Å². The lowest BCUT2D eigenvalue weighted by Gasteiger charge is -2.16. The highest BCUT2D eigenvalue weighted by atomic mass is 32.2. The van der Waals surface area contributed by atoms with E-state index < -0.39 is 0 Å². The van der Waals surface area contributed by atoms with E-state index in [1.165, 1.54) is 15.5 Å². The molecule has 0 aliphatic carbocycles. The quantitative estimate of drug-likeness (QED) is 0.612. The van der Waals surface area contributed by atoms with Gasteiger partial charge in [0.05, 0.1) is 0 Å². The molecular formula is C7H8S3. The number of hydrogen-bond acceptors (Lipinski definition) is 3. The van der Waals surface area contributed by atoms with E-state index in [1.54, 1.807) is 0 Å². The van der Waals surface area contributed by atoms with Gasteiger partial charge in [-0.05, 0) is 0 Å². The van der Waals surface area contributed by atoms with Gasteiger partial charge in [-0.1, -0.05) is 6.92 Å². The first-order valence-corrected chi connectivity index (χ1v) is 6.03. The lowest BCUT2D eigenvalue weighted by atomic mass is 10.6. The Balaban J connectivity index is 2.30. The first kappa shape index (κ1) is 7.07. The molecule has 0 fully saturated rings. The fourth-order valence-electron chi connectivity index (χ4n) is 0.923. The van der Waals surface area contributed by atoms with Crippen LogP contribution in [0.4, 0.5) is 0 Å². The lowest BCUT2D eigenvalue weighted by Crippen LogP contribution is -2.03. The molecule has 2 rings (SSSR count). The lowest BCUT2D eigenvalue weighted by molar-refractivity contribution is 1.10. The summed E-state index contributed by atoms with van der Waals surface area (Å²) in [6, 6.07) is 0. The van der Waals surface area contributed by atoms with Crippen LogP contribution >= 0.6 is 34.9 Å². The number of thioether (sulfide) groups is 2. The molecule has 1 aromatic heterocycles. The standard InChI is InChI=1S/C7H8S3/c1-5-2-9-6-3-8-4-7(6)10-5/h3-5H,2H2,1H3. The second kappa shape index (κ2) is 2.80. The summed E-state index contributed by atoms with van der Waals surface area (Å²) in [5, 5.41) is 5.30. The molecule has 54 valence electrons. The monoisotopic (exact) mass is 188 g/mol. The molecular weight excluding hydrogens is 180 g/mol. The van der Waals surface area contributed by atoms with E-state index in [2.05, 4.69) is 17.7 Å². The van der Waals surface area contributed by atoms with Crippen LogP contribution in [0.25, 0.3) is 0 Å². The van der Waals surface area contributed by atoms with Crippen LogP contribution in [-0.4, -0.2) is 11.0 Å². The average Bonchev–Trinajstić information content (AvgIpc) is 2.33. The smallest absolute Gasteiger partial charge is 0.0318 e. The van der Waals surface area contributed by atoms with E-state index in [0.29, 0.717) is 0 Å². The molecule has 2 heterocycles. The highest BCUT2D eigenvalue weighted by Crippen LogP contribution is 2.42. The molecule has 3 heteroatoms. The Bertz CT molecular complexity index is 229. The fraction of sp³-hybridized carbons (Fsp3) is 0.429. The first-order valence-electron chi connectivity index (χ1n) is 3.22. The molecule has 1 aromatic rings. The molecule has 10 heavy (non-hydrogen) atoms. The van der Waals surface area contributed by atoms with E-state index in [4.69, 9.17) is 0 Å². The molecule has 0 saturated heterocycles. The Morgan fingerprint density at radius 3 is 3.10 bits per heavy atom. The van der Waals surface area contributed by atoms with Crippen molar-refractivity contribution in [3.8, 4) is 0 Å². The van der Waals surface area contributed by atoms with Crippen molar-refractivity contribution in [3.05, 3.63) is 10.8 Å². The van der Waals surface area contributed by atoms with Crippen molar-refractivity contribution in [2.24, 2.45) is 0 Å². The summed E-state index contributed by atoms with van der Waals surface area (Å²) in [5.74, 6) is 1.27. The predicted molar refractivity (Wildman–Crippen MR) is 50.4 cm³/mol. The molecule has 0 N–H and O–H groups in total. The summed E-state index contributed by atoms with van der Waals surface area (Å²) in [6.45, 7) is 2.29. The largest absolute Gasteiger partial charge is 0.150 e. The highest BCUT2D eigenvalue weighted by Gasteiger charge is 2.16. The zero-order chi connectivity index (χ0) is 6.97. The van der Waals surface area contributed by atoms with Gasteiger partial charge in [0.2, 0.25) is 0 Å². The van der Waals surface area contributed by atoms with Gasteiger partial charge >= 0.3 is 0 Å². The minimum Gasteiger partial charge on any atom is -0.150 e. The second-order valence-electron chi connectivity index (χ2n) is 2.34. The molecule has 0 nitrogen and oxygen atoms in total. The Kier molecular flexibility index (Phi) is 1.98. The van der Waals surface area contributed by atoms with Gasteiger partial charge in [-0.3, -0.25) is 0 Å². The molecule has 0 radical (unpaired) electrons. The van der Waals surface area contributed by atoms with Crippen molar-refractivity contribution in [3.63, 3.8) is 0 Å². The zero-order valence-electron chi connectivity index (χ0n) is 5.66. The maximum absolute atomic E-state index is 2.29. The summed E-state index contributed by atoms with van der Waals surface area (Å²) in [7, 11) is 0. The van der Waals surface area contributed by atoms with E-state index in [9.17, 15) is 0 Å². The molecule has 1 aliphatic rings. The van der Waals surface area contributed by atoms with Gasteiger partial charge in [-0.25, -0.2) is 0 Å².